The van der Waals surface area contributed by atoms with Gasteiger partial charge in [0.15, 0.2) is 36.5 Å². The molecule has 0 aromatic rings. The van der Waals surface area contributed by atoms with Crippen molar-refractivity contribution in [2.24, 2.45) is 73.9 Å². The molecule has 16 aliphatic rings. The number of cyclic esters (lactones) is 1. The summed E-state index contributed by atoms with van der Waals surface area (Å²) in [5.74, 6) is -2.06. The Hall–Kier alpha value is -6.03. The molecule has 9 aliphatic heterocycles. The molecule has 16 fully saturated rings. The maximum atomic E-state index is 12.4. The molecule has 0 aromatic heterocycles. The van der Waals surface area contributed by atoms with Crippen molar-refractivity contribution in [2.45, 2.75) is 363 Å². The Bertz CT molecular complexity index is 3310. The number of carbonyl (C=O) groups excluding carboxylic acids is 11. The van der Waals surface area contributed by atoms with Crippen LogP contribution in [-0.2, 0) is 124 Å². The van der Waals surface area contributed by atoms with Crippen molar-refractivity contribution in [1.29, 1.82) is 0 Å². The first-order chi connectivity index (χ1) is 50.2. The molecule has 8 bridgehead atoms. The molecule has 9 saturated heterocycles. The fourth-order valence-electron chi connectivity index (χ4n) is 17.2. The summed E-state index contributed by atoms with van der Waals surface area (Å²) in [5, 5.41) is 10.6. The molecule has 27 heteroatoms. The van der Waals surface area contributed by atoms with E-state index in [1.807, 2.05) is 111 Å². The smallest absolute Gasteiger partial charge is 0.350 e. The van der Waals surface area contributed by atoms with Crippen molar-refractivity contribution in [2.75, 3.05) is 6.61 Å². The lowest BCUT2D eigenvalue weighted by Crippen LogP contribution is -2.61. The normalized spacial score (nSPS) is 37.4. The number of hydrogen-bond acceptors (Lipinski definition) is 27. The maximum Gasteiger partial charge on any atom is 0.350 e. The van der Waals surface area contributed by atoms with E-state index in [0.717, 1.165) is 70.6 Å². The summed E-state index contributed by atoms with van der Waals surface area (Å²) in [5.41, 5.74) is -3.97. The molecule has 0 spiro atoms. The monoisotopic (exact) mass is 1530 g/mol. The van der Waals surface area contributed by atoms with Crippen LogP contribution in [0.1, 0.15) is 260 Å². The molecule has 108 heavy (non-hydrogen) atoms. The van der Waals surface area contributed by atoms with Gasteiger partial charge in [-0.2, -0.15) is 0 Å². The third-order valence-corrected chi connectivity index (χ3v) is 26.4. The molecule has 608 valence electrons. The van der Waals surface area contributed by atoms with E-state index < -0.39 is 105 Å². The van der Waals surface area contributed by atoms with Gasteiger partial charge in [0.25, 0.3) is 0 Å². The fraction of sp³-hybridized carbons (Fsp3) is 0.864. The zero-order valence-electron chi connectivity index (χ0n) is 67.3. The van der Waals surface area contributed by atoms with E-state index in [9.17, 15) is 57.8 Å². The van der Waals surface area contributed by atoms with Gasteiger partial charge < -0.3 is 76.2 Å². The molecular formula is C81H122O27. The van der Waals surface area contributed by atoms with Crippen molar-refractivity contribution in [3.63, 3.8) is 0 Å². The summed E-state index contributed by atoms with van der Waals surface area (Å²) in [6, 6.07) is 0. The van der Waals surface area contributed by atoms with Crippen LogP contribution in [0.3, 0.4) is 0 Å². The van der Waals surface area contributed by atoms with E-state index in [0.29, 0.717) is 62.2 Å². The van der Waals surface area contributed by atoms with Crippen LogP contribution in [0.2, 0.25) is 0 Å². The summed E-state index contributed by atoms with van der Waals surface area (Å²) in [6.45, 7) is 37.7. The average Bonchev–Trinajstić information content (AvgIpc) is 0.933. The van der Waals surface area contributed by atoms with E-state index in [4.69, 9.17) is 71.1 Å². The third kappa shape index (κ3) is 17.6. The van der Waals surface area contributed by atoms with Crippen LogP contribution in [0.5, 0.6) is 0 Å². The van der Waals surface area contributed by atoms with Crippen LogP contribution in [0, 0.1) is 73.9 Å². The third-order valence-electron chi connectivity index (χ3n) is 26.4. The lowest BCUT2D eigenvalue weighted by molar-refractivity contribution is -0.225. The SMILES string of the molecule is CCC(C)(C)C(=O)OC12CC3CC(CC(O)(C3)C1)C2.CCC(C)(C)C(=O)OC1C(=O)OC2C3OC(C)(C)OC3OC12.CCC(C)(C)C(=O)OC1C(=O)OC2CCCC21.CCC(C)(C)C(=O)OC1C2CC3C(=O)OC1C3C2.CCC(C)(C)C(=O)OC1C2CC3C(=O)OC1C3O2.CCC(C)(C)C(=O)OC1COC(=O)C1. The summed E-state index contributed by atoms with van der Waals surface area (Å²) in [6.07, 6.45) is 9.32. The van der Waals surface area contributed by atoms with Gasteiger partial charge in [-0.15, -0.1) is 0 Å². The van der Waals surface area contributed by atoms with Crippen molar-refractivity contribution in [3.05, 3.63) is 0 Å². The van der Waals surface area contributed by atoms with Crippen LogP contribution in [-0.4, -0.2) is 180 Å². The number of carbonyl (C=O) groups is 11. The van der Waals surface area contributed by atoms with Gasteiger partial charge in [0.2, 0.25) is 12.2 Å². The van der Waals surface area contributed by atoms with Gasteiger partial charge in [0.05, 0.1) is 62.5 Å². The lowest BCUT2D eigenvalue weighted by Gasteiger charge is -2.59. The van der Waals surface area contributed by atoms with E-state index in [1.54, 1.807) is 27.7 Å². The molecule has 16 rings (SSSR count). The first-order valence-electron chi connectivity index (χ1n) is 39.8. The second-order valence-electron chi connectivity index (χ2n) is 37.3. The van der Waals surface area contributed by atoms with Gasteiger partial charge in [-0.05, 0) is 218 Å². The molecule has 0 aromatic carbocycles. The highest BCUT2D eigenvalue weighted by atomic mass is 16.9. The second kappa shape index (κ2) is 31.5. The predicted octanol–water partition coefficient (Wildman–Crippen LogP) is 10.5. The minimum Gasteiger partial charge on any atom is -0.462 e. The van der Waals surface area contributed by atoms with Gasteiger partial charge in [0.1, 0.15) is 48.8 Å². The molecule has 1 N–H and O–H groups in total. The number of esters is 11. The van der Waals surface area contributed by atoms with Crippen molar-refractivity contribution in [3.8, 4) is 0 Å². The summed E-state index contributed by atoms with van der Waals surface area (Å²) in [7, 11) is 0. The second-order valence-corrected chi connectivity index (χ2v) is 37.3. The van der Waals surface area contributed by atoms with Crippen LogP contribution in [0.4, 0.5) is 0 Å². The van der Waals surface area contributed by atoms with E-state index >= 15 is 0 Å². The van der Waals surface area contributed by atoms with E-state index in [1.165, 1.54) is 6.42 Å². The number of fused-ring (bicyclic) bond motifs is 6. The summed E-state index contributed by atoms with van der Waals surface area (Å²) < 4.78 is 81.6. The Labute approximate surface area is 635 Å². The number of hydrogen-bond donors (Lipinski definition) is 1. The van der Waals surface area contributed by atoms with E-state index in [-0.39, 0.29) is 127 Å². The summed E-state index contributed by atoms with van der Waals surface area (Å²) in [4.78, 5) is 130. The Balaban J connectivity index is 0.000000139. The molecule has 0 amide bonds. The minimum atomic E-state index is -1.07. The van der Waals surface area contributed by atoms with Crippen molar-refractivity contribution >= 4 is 65.7 Å². The van der Waals surface area contributed by atoms with Crippen molar-refractivity contribution < 1.29 is 129 Å². The Morgan fingerprint density at radius 2 is 0.944 bits per heavy atom. The topological polar surface area (TPSA) is 346 Å². The Kier molecular flexibility index (Phi) is 24.6. The zero-order chi connectivity index (χ0) is 79.7. The highest BCUT2D eigenvalue weighted by molar-refractivity contribution is 5.85. The lowest BCUT2D eigenvalue weighted by atomic mass is 9.52. The maximum absolute atomic E-state index is 12.4. The van der Waals surface area contributed by atoms with Gasteiger partial charge in [0, 0.05) is 24.2 Å². The number of ether oxygens (including phenoxy) is 15. The zero-order valence-corrected chi connectivity index (χ0v) is 67.3. The number of rotatable bonds is 18. The average molecular weight is 1530 g/mol. The molecule has 27 nitrogen and oxygen atoms in total. The van der Waals surface area contributed by atoms with Crippen LogP contribution < -0.4 is 0 Å². The van der Waals surface area contributed by atoms with E-state index in [2.05, 4.69) is 0 Å². The van der Waals surface area contributed by atoms with Crippen LogP contribution in [0.25, 0.3) is 0 Å². The highest BCUT2D eigenvalue weighted by Gasteiger charge is 2.68. The largest absolute Gasteiger partial charge is 0.462 e. The Morgan fingerprint density at radius 3 is 1.48 bits per heavy atom. The molecule has 9 heterocycles. The van der Waals surface area contributed by atoms with Gasteiger partial charge in [-0.25, -0.2) is 9.59 Å². The molecule has 21 unspecified atom stereocenters. The quantitative estimate of drug-likeness (QED) is 0.0984. The first kappa shape index (κ1) is 84.4. The molecule has 7 aliphatic carbocycles. The molecule has 0 radical (unpaired) electrons. The van der Waals surface area contributed by atoms with Gasteiger partial charge >= 0.3 is 65.7 Å². The fourth-order valence-corrected chi connectivity index (χ4v) is 17.2. The standard InChI is InChI=1S/C16H26O3.C15H22O7.C14H20O4.C13H18O5.C13H20O4.C10H16O4/c1-4-14(2,3)13(17)19-16-8-11-5-12(9-16)7-15(18,6-11)10-16;1-6-14(2,3)13(17)20-9-7-8(18-11(9)16)10-12(19-7)22-15(4,5)21-10;1-4-14(2,3)13(16)18-10-7-5-8-9(6-7)12(15)17-11(8)10;1-4-13(2,3)12(15)18-9-7-5-6-8(16-7)10(9)17-11(6)14;1-4-13(2,3)12(15)17-10-8-6-5-7-9(8)16-11(10)14;1-4-10(2,3)9(12)14-7-5-8(11)13-6-7/h11-12,18H,4-10H2,1-3H3;7-10,12H,6H2,1-5H3;7-11H,4-6H2,1-3H3;6-10H,4-5H2,1-3H3;8-10H,4-7H2,1-3H3;7H,4-6H2,1-3H3. The molecule has 21 atom stereocenters. The van der Waals surface area contributed by atoms with Crippen LogP contribution >= 0.6 is 0 Å². The number of aliphatic hydroxyl groups is 1. The minimum absolute atomic E-state index is 0.0231. The van der Waals surface area contributed by atoms with Crippen molar-refractivity contribution in [1.82, 2.24) is 0 Å². The molecule has 7 saturated carbocycles. The van der Waals surface area contributed by atoms with Crippen LogP contribution in [0.15, 0.2) is 0 Å². The highest BCUT2D eigenvalue weighted by Crippen LogP contribution is 2.60. The first-order valence-corrected chi connectivity index (χ1v) is 39.8. The van der Waals surface area contributed by atoms with Gasteiger partial charge in [-0.3, -0.25) is 43.2 Å². The van der Waals surface area contributed by atoms with Gasteiger partial charge in [-0.1, -0.05) is 41.5 Å². The Morgan fingerprint density at radius 1 is 0.454 bits per heavy atom. The summed E-state index contributed by atoms with van der Waals surface area (Å²) >= 11 is 0. The predicted molar refractivity (Wildman–Crippen MR) is 380 cm³/mol. The molecular weight excluding hydrogens is 1400 g/mol.